The van der Waals surface area contributed by atoms with Crippen LogP contribution in [0.25, 0.3) is 0 Å². The van der Waals surface area contributed by atoms with Crippen molar-refractivity contribution in [1.29, 1.82) is 0 Å². The van der Waals surface area contributed by atoms with Crippen molar-refractivity contribution in [2.24, 2.45) is 0 Å². The first-order valence-corrected chi connectivity index (χ1v) is 5.95. The van der Waals surface area contributed by atoms with Gasteiger partial charge in [-0.25, -0.2) is 0 Å². The van der Waals surface area contributed by atoms with Crippen LogP contribution in [-0.2, 0) is 11.2 Å². The van der Waals surface area contributed by atoms with E-state index in [2.05, 4.69) is 0 Å². The maximum atomic E-state index is 12.2. The van der Waals surface area contributed by atoms with Crippen LogP contribution in [0.3, 0.4) is 0 Å². The predicted octanol–water partition coefficient (Wildman–Crippen LogP) is 0.583. The number of aliphatic hydroxyl groups is 1. The third kappa shape index (κ3) is 1.89. The summed E-state index contributed by atoms with van der Waals surface area (Å²) in [5.74, 6) is 0.809. The third-order valence-corrected chi connectivity index (χ3v) is 3.40. The number of benzene rings is 1. The summed E-state index contributed by atoms with van der Waals surface area (Å²) in [7, 11) is 0. The van der Waals surface area contributed by atoms with Crippen LogP contribution < -0.4 is 4.74 Å². The van der Waals surface area contributed by atoms with Gasteiger partial charge in [0.2, 0.25) is 0 Å². The molecule has 2 aliphatic rings. The Morgan fingerprint density at radius 3 is 2.94 bits per heavy atom. The molecule has 0 aromatic heterocycles. The number of fused-ring (bicyclic) bond motifs is 1. The van der Waals surface area contributed by atoms with Crippen molar-refractivity contribution in [3.63, 3.8) is 0 Å². The van der Waals surface area contributed by atoms with Gasteiger partial charge in [0.1, 0.15) is 5.75 Å². The molecule has 17 heavy (non-hydrogen) atoms. The molecule has 0 saturated carbocycles. The highest BCUT2D eigenvalue weighted by atomic mass is 16.5. The fourth-order valence-corrected chi connectivity index (χ4v) is 2.47. The molecule has 1 amide bonds. The van der Waals surface area contributed by atoms with Gasteiger partial charge in [0.25, 0.3) is 5.91 Å². The second kappa shape index (κ2) is 4.04. The first-order valence-electron chi connectivity index (χ1n) is 5.95. The van der Waals surface area contributed by atoms with Gasteiger partial charge in [-0.2, -0.15) is 0 Å². The second-order valence-corrected chi connectivity index (χ2v) is 4.65. The molecule has 0 bridgehead atoms. The summed E-state index contributed by atoms with van der Waals surface area (Å²) in [5, 5.41) is 9.43. The monoisotopic (exact) mass is 233 g/mol. The van der Waals surface area contributed by atoms with Crippen LogP contribution in [0.4, 0.5) is 0 Å². The normalized spacial score (nSPS) is 26.8. The Bertz CT molecular complexity index is 421. The molecule has 1 N–H and O–H groups in total. The maximum absolute atomic E-state index is 12.2. The van der Waals surface area contributed by atoms with Crippen LogP contribution in [0.1, 0.15) is 12.0 Å². The van der Waals surface area contributed by atoms with E-state index in [1.165, 1.54) is 0 Å². The highest BCUT2D eigenvalue weighted by Gasteiger charge is 2.34. The summed E-state index contributed by atoms with van der Waals surface area (Å²) in [6.45, 7) is 1.07. The van der Waals surface area contributed by atoms with E-state index in [0.717, 1.165) is 11.3 Å². The smallest absolute Gasteiger partial charge is 0.264 e. The number of nitrogens with zero attached hydrogens (tertiary/aromatic N) is 1. The minimum Gasteiger partial charge on any atom is -0.480 e. The molecule has 0 radical (unpaired) electrons. The van der Waals surface area contributed by atoms with Gasteiger partial charge >= 0.3 is 0 Å². The average Bonchev–Trinajstić information content (AvgIpc) is 2.93. The maximum Gasteiger partial charge on any atom is 0.264 e. The Labute approximate surface area is 99.8 Å². The van der Waals surface area contributed by atoms with E-state index in [0.29, 0.717) is 25.9 Å². The van der Waals surface area contributed by atoms with Gasteiger partial charge < -0.3 is 14.7 Å². The third-order valence-electron chi connectivity index (χ3n) is 3.40. The van der Waals surface area contributed by atoms with Crippen LogP contribution in [0.15, 0.2) is 24.3 Å². The van der Waals surface area contributed by atoms with Crippen LogP contribution in [0.2, 0.25) is 0 Å². The van der Waals surface area contributed by atoms with Crippen LogP contribution in [0.5, 0.6) is 5.75 Å². The first-order chi connectivity index (χ1) is 8.24. The number of aliphatic hydroxyl groups excluding tert-OH is 1. The number of para-hydroxylation sites is 1. The molecule has 1 unspecified atom stereocenters. The number of rotatable bonds is 1. The standard InChI is InChI=1S/C13H15NO3/c15-10-5-6-14(8-10)13(16)12-7-9-3-1-2-4-11(9)17-12/h1-4,10,12,15H,5-8H2/t10-,12?/m0/s1. The van der Waals surface area contributed by atoms with E-state index in [4.69, 9.17) is 4.74 Å². The summed E-state index contributed by atoms with van der Waals surface area (Å²) < 4.78 is 5.64. The Morgan fingerprint density at radius 2 is 2.24 bits per heavy atom. The van der Waals surface area contributed by atoms with Crippen molar-refractivity contribution in [3.8, 4) is 5.75 Å². The highest BCUT2D eigenvalue weighted by molar-refractivity contribution is 5.83. The quantitative estimate of drug-likeness (QED) is 0.772. The molecule has 1 saturated heterocycles. The molecule has 90 valence electrons. The largest absolute Gasteiger partial charge is 0.480 e. The number of hydrogen-bond acceptors (Lipinski definition) is 3. The number of β-amino-alcohol motifs (C(OH)–C–C–N with tert-alkyl or cyclic N) is 1. The number of hydrogen-bond donors (Lipinski definition) is 1. The zero-order chi connectivity index (χ0) is 11.8. The van der Waals surface area contributed by atoms with Gasteiger partial charge in [0.15, 0.2) is 6.10 Å². The number of ether oxygens (including phenoxy) is 1. The van der Waals surface area contributed by atoms with Crippen molar-refractivity contribution >= 4 is 5.91 Å². The van der Waals surface area contributed by atoms with Crippen molar-refractivity contribution in [2.75, 3.05) is 13.1 Å². The molecule has 1 aromatic carbocycles. The molecular formula is C13H15NO3. The lowest BCUT2D eigenvalue weighted by Gasteiger charge is -2.19. The summed E-state index contributed by atoms with van der Waals surface area (Å²) in [6.07, 6.45) is 0.535. The predicted molar refractivity (Wildman–Crippen MR) is 61.8 cm³/mol. The molecule has 2 aliphatic heterocycles. The zero-order valence-corrected chi connectivity index (χ0v) is 9.50. The zero-order valence-electron chi connectivity index (χ0n) is 9.50. The lowest BCUT2D eigenvalue weighted by Crippen LogP contribution is -2.40. The Hall–Kier alpha value is -1.55. The molecule has 0 aliphatic carbocycles. The summed E-state index contributed by atoms with van der Waals surface area (Å²) in [4.78, 5) is 13.8. The van der Waals surface area contributed by atoms with Gasteiger partial charge in [-0.15, -0.1) is 0 Å². The van der Waals surface area contributed by atoms with Crippen LogP contribution in [0, 0.1) is 0 Å². The van der Waals surface area contributed by atoms with Gasteiger partial charge in [0.05, 0.1) is 6.10 Å². The topological polar surface area (TPSA) is 49.8 Å². The minimum absolute atomic E-state index is 0.00208. The molecule has 0 spiro atoms. The Morgan fingerprint density at radius 1 is 1.41 bits per heavy atom. The number of carbonyl (C=O) groups excluding carboxylic acids is 1. The average molecular weight is 233 g/mol. The van der Waals surface area contributed by atoms with Crippen molar-refractivity contribution in [3.05, 3.63) is 29.8 Å². The van der Waals surface area contributed by atoms with Crippen molar-refractivity contribution < 1.29 is 14.6 Å². The van der Waals surface area contributed by atoms with Gasteiger partial charge in [-0.05, 0) is 18.1 Å². The van der Waals surface area contributed by atoms with E-state index in [1.54, 1.807) is 4.90 Å². The van der Waals surface area contributed by atoms with E-state index >= 15 is 0 Å². The van der Waals surface area contributed by atoms with Gasteiger partial charge in [-0.3, -0.25) is 4.79 Å². The van der Waals surface area contributed by atoms with E-state index < -0.39 is 6.10 Å². The fraction of sp³-hybridized carbons (Fsp3) is 0.462. The highest BCUT2D eigenvalue weighted by Crippen LogP contribution is 2.29. The fourth-order valence-electron chi connectivity index (χ4n) is 2.47. The number of amides is 1. The summed E-state index contributed by atoms with van der Waals surface area (Å²) >= 11 is 0. The first kappa shape index (κ1) is 10.6. The molecule has 4 nitrogen and oxygen atoms in total. The van der Waals surface area contributed by atoms with Crippen LogP contribution >= 0.6 is 0 Å². The SMILES string of the molecule is O=C(C1Cc2ccccc2O1)N1CC[C@H](O)C1. The summed E-state index contributed by atoms with van der Waals surface area (Å²) in [6, 6.07) is 7.74. The molecule has 2 atom stereocenters. The van der Waals surface area contributed by atoms with Crippen molar-refractivity contribution in [2.45, 2.75) is 25.0 Å². The second-order valence-electron chi connectivity index (χ2n) is 4.65. The van der Waals surface area contributed by atoms with Gasteiger partial charge in [0, 0.05) is 19.5 Å². The summed E-state index contributed by atoms with van der Waals surface area (Å²) in [5.41, 5.74) is 1.09. The van der Waals surface area contributed by atoms with Crippen molar-refractivity contribution in [1.82, 2.24) is 4.90 Å². The molecule has 1 aromatic rings. The lowest BCUT2D eigenvalue weighted by atomic mass is 10.1. The van der Waals surface area contributed by atoms with E-state index in [1.807, 2.05) is 24.3 Å². The Balaban J connectivity index is 1.70. The lowest BCUT2D eigenvalue weighted by molar-refractivity contribution is -0.137. The molecule has 1 fully saturated rings. The number of carbonyl (C=O) groups is 1. The van der Waals surface area contributed by atoms with Gasteiger partial charge in [-0.1, -0.05) is 18.2 Å². The molecular weight excluding hydrogens is 218 g/mol. The number of likely N-dealkylation sites (tertiary alicyclic amines) is 1. The molecule has 4 heteroatoms. The minimum atomic E-state index is -0.405. The Kier molecular flexibility index (Phi) is 2.52. The molecule has 2 heterocycles. The van der Waals surface area contributed by atoms with Crippen LogP contribution in [-0.4, -0.2) is 41.2 Å². The van der Waals surface area contributed by atoms with E-state index in [9.17, 15) is 9.90 Å². The molecule has 3 rings (SSSR count). The van der Waals surface area contributed by atoms with E-state index in [-0.39, 0.29) is 12.0 Å².